The van der Waals surface area contributed by atoms with Gasteiger partial charge >= 0.3 is 0 Å². The predicted molar refractivity (Wildman–Crippen MR) is 136 cm³/mol. The van der Waals surface area contributed by atoms with Gasteiger partial charge in [-0.3, -0.25) is 19.1 Å². The highest BCUT2D eigenvalue weighted by Gasteiger charge is 2.20. The molecule has 2 aromatic heterocycles. The highest BCUT2D eigenvalue weighted by atomic mass is 19.1. The second-order valence-electron chi connectivity index (χ2n) is 8.95. The fraction of sp³-hybridized carbons (Fsp3) is 0.333. The van der Waals surface area contributed by atoms with E-state index in [0.29, 0.717) is 22.5 Å². The zero-order chi connectivity index (χ0) is 25.7. The van der Waals surface area contributed by atoms with Crippen molar-refractivity contribution in [3.8, 4) is 0 Å². The third kappa shape index (κ3) is 5.75. The second-order valence-corrected chi connectivity index (χ2v) is 8.95. The molecule has 9 heteroatoms. The Morgan fingerprint density at radius 1 is 1.17 bits per heavy atom. The normalized spacial score (nSPS) is 15.2. The van der Waals surface area contributed by atoms with E-state index in [1.54, 1.807) is 30.8 Å². The van der Waals surface area contributed by atoms with Crippen molar-refractivity contribution < 1.29 is 14.3 Å². The van der Waals surface area contributed by atoms with Crippen LogP contribution in [-0.2, 0) is 6.54 Å². The predicted octanol–water partition coefficient (Wildman–Crippen LogP) is 3.35. The fourth-order valence-electron chi connectivity index (χ4n) is 4.13. The maximum absolute atomic E-state index is 13.5. The number of aromatic nitrogens is 3. The van der Waals surface area contributed by atoms with Crippen molar-refractivity contribution in [1.29, 1.82) is 0 Å². The average molecular weight is 492 g/mol. The Morgan fingerprint density at radius 2 is 1.94 bits per heavy atom. The van der Waals surface area contributed by atoms with Gasteiger partial charge in [0.2, 0.25) is 0 Å². The van der Waals surface area contributed by atoms with Gasteiger partial charge in [-0.05, 0) is 81.1 Å². The molecule has 1 aromatic carbocycles. The van der Waals surface area contributed by atoms with E-state index in [0.717, 1.165) is 31.3 Å². The zero-order valence-corrected chi connectivity index (χ0v) is 20.4. The molecule has 188 valence electrons. The molecule has 0 bridgehead atoms. The lowest BCUT2D eigenvalue weighted by molar-refractivity contribution is 0.103. The van der Waals surface area contributed by atoms with Crippen LogP contribution in [0, 0.1) is 5.82 Å². The molecule has 2 heterocycles. The highest BCUT2D eigenvalue weighted by Crippen LogP contribution is 2.26. The smallest absolute Gasteiger partial charge is 0.277 e. The summed E-state index contributed by atoms with van der Waals surface area (Å²) in [5.74, 6) is -0.140. The number of benzene rings is 1. The molecule has 36 heavy (non-hydrogen) atoms. The van der Waals surface area contributed by atoms with Crippen LogP contribution in [0.1, 0.15) is 59.9 Å². The van der Waals surface area contributed by atoms with Crippen molar-refractivity contribution in [1.82, 2.24) is 19.9 Å². The van der Waals surface area contributed by atoms with Crippen LogP contribution < -0.4 is 16.2 Å². The number of allylic oxidation sites excluding steroid dienone is 2. The summed E-state index contributed by atoms with van der Waals surface area (Å²) >= 11 is 0. The first-order chi connectivity index (χ1) is 17.4. The van der Waals surface area contributed by atoms with Gasteiger partial charge in [-0.15, -0.1) is 0 Å². The van der Waals surface area contributed by atoms with Crippen molar-refractivity contribution in [2.45, 2.75) is 51.4 Å². The summed E-state index contributed by atoms with van der Waals surface area (Å²) in [4.78, 5) is 35.3. The molecule has 0 fully saturated rings. The first kappa shape index (κ1) is 25.4. The van der Waals surface area contributed by atoms with E-state index in [9.17, 15) is 19.1 Å². The molecule has 3 aromatic rings. The number of aliphatic hydroxyl groups excluding tert-OH is 1. The van der Waals surface area contributed by atoms with Gasteiger partial charge in [-0.1, -0.05) is 6.08 Å². The van der Waals surface area contributed by atoms with Crippen molar-refractivity contribution in [3.05, 3.63) is 93.7 Å². The zero-order valence-electron chi connectivity index (χ0n) is 20.4. The Kier molecular flexibility index (Phi) is 8.02. The number of aliphatic hydroxyl groups is 1. The lowest BCUT2D eigenvalue weighted by Gasteiger charge is -2.22. The van der Waals surface area contributed by atoms with Crippen LogP contribution in [0.15, 0.2) is 59.8 Å². The van der Waals surface area contributed by atoms with Gasteiger partial charge in [-0.25, -0.2) is 9.37 Å². The Morgan fingerprint density at radius 3 is 2.64 bits per heavy atom. The van der Waals surface area contributed by atoms with E-state index in [1.165, 1.54) is 36.7 Å². The average Bonchev–Trinajstić information content (AvgIpc) is 2.91. The van der Waals surface area contributed by atoms with E-state index in [2.05, 4.69) is 26.7 Å². The fourth-order valence-corrected chi connectivity index (χ4v) is 4.13. The number of ketones is 1. The maximum atomic E-state index is 13.5. The summed E-state index contributed by atoms with van der Waals surface area (Å²) in [7, 11) is 1.72. The summed E-state index contributed by atoms with van der Waals surface area (Å²) in [5, 5.41) is 16.2. The molecule has 3 N–H and O–H groups in total. The van der Waals surface area contributed by atoms with Crippen LogP contribution in [-0.4, -0.2) is 44.7 Å². The molecular formula is C27H30FN5O3. The molecule has 2 atom stereocenters. The van der Waals surface area contributed by atoms with Gasteiger partial charge in [0.15, 0.2) is 5.78 Å². The Hall–Kier alpha value is -3.69. The van der Waals surface area contributed by atoms with Gasteiger partial charge in [0.25, 0.3) is 5.56 Å². The number of pyridine rings is 1. The monoisotopic (exact) mass is 491 g/mol. The minimum Gasteiger partial charge on any atom is -0.372 e. The number of hydrogen-bond acceptors (Lipinski definition) is 7. The molecule has 0 aliphatic heterocycles. The van der Waals surface area contributed by atoms with Crippen LogP contribution in [0.3, 0.4) is 0 Å². The quantitative estimate of drug-likeness (QED) is 0.311. The van der Waals surface area contributed by atoms with E-state index in [1.807, 2.05) is 0 Å². The first-order valence-electron chi connectivity index (χ1n) is 12.0. The summed E-state index contributed by atoms with van der Waals surface area (Å²) in [6, 6.07) is 6.72. The van der Waals surface area contributed by atoms with Crippen molar-refractivity contribution in [2.24, 2.45) is 0 Å². The van der Waals surface area contributed by atoms with Crippen LogP contribution in [0.4, 0.5) is 10.1 Å². The van der Waals surface area contributed by atoms with Gasteiger partial charge in [-0.2, -0.15) is 0 Å². The highest BCUT2D eigenvalue weighted by molar-refractivity contribution is 6.08. The lowest BCUT2D eigenvalue weighted by atomic mass is 9.98. The topological polar surface area (TPSA) is 109 Å². The van der Waals surface area contributed by atoms with E-state index in [4.69, 9.17) is 0 Å². The number of nitrogens with one attached hydrogen (secondary N) is 2. The first-order valence-corrected chi connectivity index (χ1v) is 12.0. The van der Waals surface area contributed by atoms with Crippen LogP contribution in [0.2, 0.25) is 0 Å². The van der Waals surface area contributed by atoms with E-state index in [-0.39, 0.29) is 29.6 Å². The van der Waals surface area contributed by atoms with E-state index >= 15 is 0 Å². The molecule has 0 saturated carbocycles. The molecule has 1 aliphatic rings. The largest absolute Gasteiger partial charge is 0.372 e. The van der Waals surface area contributed by atoms with E-state index < -0.39 is 12.0 Å². The molecule has 1 unspecified atom stereocenters. The molecule has 0 spiro atoms. The molecular weight excluding hydrogens is 461 g/mol. The minimum atomic E-state index is -0.990. The number of rotatable bonds is 9. The number of nitrogens with zero attached hydrogens (tertiary/aromatic N) is 3. The summed E-state index contributed by atoms with van der Waals surface area (Å²) in [5.41, 5.74) is 2.18. The molecule has 0 saturated heterocycles. The third-order valence-corrected chi connectivity index (χ3v) is 6.36. The van der Waals surface area contributed by atoms with Crippen LogP contribution in [0.25, 0.3) is 5.57 Å². The minimum absolute atomic E-state index is 0.142. The van der Waals surface area contributed by atoms with Gasteiger partial charge in [0.1, 0.15) is 23.6 Å². The number of anilines is 1. The van der Waals surface area contributed by atoms with Crippen LogP contribution in [0.5, 0.6) is 0 Å². The Balaban J connectivity index is 1.70. The third-order valence-electron chi connectivity index (χ3n) is 6.36. The lowest BCUT2D eigenvalue weighted by Crippen LogP contribution is -2.42. The second kappa shape index (κ2) is 11.4. The maximum Gasteiger partial charge on any atom is 0.277 e. The summed E-state index contributed by atoms with van der Waals surface area (Å²) in [6.45, 7) is 1.93. The van der Waals surface area contributed by atoms with Gasteiger partial charge < -0.3 is 15.7 Å². The molecule has 0 radical (unpaired) electrons. The van der Waals surface area contributed by atoms with Crippen LogP contribution >= 0.6 is 0 Å². The summed E-state index contributed by atoms with van der Waals surface area (Å²) < 4.78 is 14.8. The van der Waals surface area contributed by atoms with Crippen molar-refractivity contribution in [2.75, 3.05) is 12.4 Å². The molecule has 1 aliphatic carbocycles. The molecule has 0 amide bonds. The number of halogens is 1. The number of carbonyl (C=O) groups excluding carboxylic acids is 1. The van der Waals surface area contributed by atoms with Crippen molar-refractivity contribution >= 4 is 17.0 Å². The number of likely N-dealkylation sites (N-methyl/N-ethyl adjacent to an activating group) is 1. The number of carbonyl (C=O) groups is 1. The van der Waals surface area contributed by atoms with Gasteiger partial charge in [0.05, 0.1) is 12.7 Å². The van der Waals surface area contributed by atoms with Gasteiger partial charge in [0, 0.05) is 29.6 Å². The standard InChI is InChI=1S/C27H30FN5O3/c1-17(29-2)26(35)32-23-15-31-25(20-6-4-3-5-7-20)33(27(23)36)16-18-12-21(14-30-13-18)24(34)19-8-10-22(28)11-9-19/h6,8-15,17,26,29,32,35H,3-5,7,16H2,1-2H3/t17-,26?/m1/s1. The Labute approximate surface area is 208 Å². The Bertz CT molecular complexity index is 1320. The van der Waals surface area contributed by atoms with Crippen molar-refractivity contribution in [3.63, 3.8) is 0 Å². The number of hydrogen-bond donors (Lipinski definition) is 3. The molecule has 4 rings (SSSR count). The SMILES string of the molecule is CN[C@H](C)C(O)Nc1cnc(C2=CCCCC2)n(Cc2cncc(C(=O)c3ccc(F)cc3)c2)c1=O. The summed E-state index contributed by atoms with van der Waals surface area (Å²) in [6.07, 6.45) is 9.49. The molecule has 8 nitrogen and oxygen atoms in total.